The molecular formula is C15H10F5N3O3. The van der Waals surface area contributed by atoms with Crippen molar-refractivity contribution in [2.24, 2.45) is 10.2 Å². The Morgan fingerprint density at radius 3 is 1.77 bits per heavy atom. The van der Waals surface area contributed by atoms with Gasteiger partial charge in [-0.25, -0.2) is 4.79 Å². The van der Waals surface area contributed by atoms with Crippen molar-refractivity contribution < 1.29 is 36.6 Å². The van der Waals surface area contributed by atoms with Gasteiger partial charge in [-0.2, -0.15) is 32.2 Å². The first-order valence-corrected chi connectivity index (χ1v) is 6.82. The molecular weight excluding hydrogens is 365 g/mol. The maximum atomic E-state index is 12.8. The SMILES string of the molecule is O=C(O)Nc1ccc(/N=N/c2ccc(OC(F)(F)C(F)(F)F)cc2)cc1. The number of rotatable bonds is 5. The van der Waals surface area contributed by atoms with Crippen molar-refractivity contribution in [1.82, 2.24) is 0 Å². The van der Waals surface area contributed by atoms with Crippen LogP contribution >= 0.6 is 0 Å². The Morgan fingerprint density at radius 2 is 1.35 bits per heavy atom. The number of halogens is 5. The number of nitrogens with one attached hydrogen (secondary N) is 1. The van der Waals surface area contributed by atoms with E-state index in [9.17, 15) is 26.7 Å². The van der Waals surface area contributed by atoms with Crippen LogP contribution in [0.25, 0.3) is 0 Å². The van der Waals surface area contributed by atoms with E-state index < -0.39 is 24.1 Å². The van der Waals surface area contributed by atoms with Gasteiger partial charge in [-0.1, -0.05) is 0 Å². The van der Waals surface area contributed by atoms with Gasteiger partial charge in [-0.15, -0.1) is 0 Å². The number of anilines is 1. The Morgan fingerprint density at radius 1 is 0.885 bits per heavy atom. The third kappa shape index (κ3) is 5.13. The molecule has 0 spiro atoms. The minimum atomic E-state index is -5.83. The third-order valence-electron chi connectivity index (χ3n) is 2.81. The van der Waals surface area contributed by atoms with Crippen LogP contribution in [0.4, 0.5) is 43.8 Å². The topological polar surface area (TPSA) is 83.3 Å². The Hall–Kier alpha value is -3.24. The highest BCUT2D eigenvalue weighted by Crippen LogP contribution is 2.37. The number of azo groups is 1. The van der Waals surface area contributed by atoms with Crippen LogP contribution in [0.3, 0.4) is 0 Å². The molecule has 6 nitrogen and oxygen atoms in total. The number of alkyl halides is 5. The summed E-state index contributed by atoms with van der Waals surface area (Å²) in [6, 6.07) is 9.91. The molecule has 0 aliphatic carbocycles. The van der Waals surface area contributed by atoms with Gasteiger partial charge in [0, 0.05) is 5.69 Å². The lowest BCUT2D eigenvalue weighted by molar-refractivity contribution is -0.360. The van der Waals surface area contributed by atoms with Crippen LogP contribution in [-0.4, -0.2) is 23.5 Å². The van der Waals surface area contributed by atoms with Gasteiger partial charge in [0.1, 0.15) is 5.75 Å². The largest absolute Gasteiger partial charge is 0.499 e. The van der Waals surface area contributed by atoms with Crippen molar-refractivity contribution in [3.63, 3.8) is 0 Å². The minimum absolute atomic E-state index is 0.181. The fourth-order valence-electron chi connectivity index (χ4n) is 1.64. The van der Waals surface area contributed by atoms with Crippen LogP contribution in [0, 0.1) is 0 Å². The van der Waals surface area contributed by atoms with E-state index in [-0.39, 0.29) is 5.69 Å². The number of amides is 1. The number of hydrogen-bond donors (Lipinski definition) is 2. The van der Waals surface area contributed by atoms with E-state index in [2.05, 4.69) is 20.3 Å². The fourth-order valence-corrected chi connectivity index (χ4v) is 1.64. The van der Waals surface area contributed by atoms with Crippen molar-refractivity contribution in [2.75, 3.05) is 5.32 Å². The van der Waals surface area contributed by atoms with Gasteiger partial charge in [-0.05, 0) is 48.5 Å². The average molecular weight is 375 g/mol. The van der Waals surface area contributed by atoms with Gasteiger partial charge < -0.3 is 9.84 Å². The molecule has 0 aromatic heterocycles. The average Bonchev–Trinajstić information content (AvgIpc) is 2.54. The molecule has 1 amide bonds. The monoisotopic (exact) mass is 375 g/mol. The highest BCUT2D eigenvalue weighted by molar-refractivity contribution is 5.82. The summed E-state index contributed by atoms with van der Waals surface area (Å²) < 4.78 is 65.4. The molecule has 2 N–H and O–H groups in total. The first-order valence-electron chi connectivity index (χ1n) is 6.82. The summed E-state index contributed by atoms with van der Waals surface area (Å²) in [6.45, 7) is 0. The lowest BCUT2D eigenvalue weighted by Crippen LogP contribution is -2.41. The molecule has 0 aliphatic rings. The summed E-state index contributed by atoms with van der Waals surface area (Å²) in [5.41, 5.74) is 0.869. The van der Waals surface area contributed by atoms with Gasteiger partial charge in [0.15, 0.2) is 0 Å². The zero-order chi connectivity index (χ0) is 19.4. The molecule has 2 rings (SSSR count). The number of ether oxygens (including phenoxy) is 1. The minimum Gasteiger partial charge on any atom is -0.465 e. The second-order valence-electron chi connectivity index (χ2n) is 4.79. The van der Waals surface area contributed by atoms with E-state index in [0.29, 0.717) is 11.4 Å². The lowest BCUT2D eigenvalue weighted by atomic mass is 10.3. The van der Waals surface area contributed by atoms with Gasteiger partial charge in [-0.3, -0.25) is 5.32 Å². The summed E-state index contributed by atoms with van der Waals surface area (Å²) in [5.74, 6) is -0.685. The molecule has 0 fully saturated rings. The highest BCUT2D eigenvalue weighted by atomic mass is 19.4. The Labute approximate surface area is 142 Å². The predicted octanol–water partition coefficient (Wildman–Crippen LogP) is 5.73. The Kier molecular flexibility index (Phi) is 5.38. The summed E-state index contributed by atoms with van der Waals surface area (Å²) in [7, 11) is 0. The Balaban J connectivity index is 2.02. The predicted molar refractivity (Wildman–Crippen MR) is 80.3 cm³/mol. The van der Waals surface area contributed by atoms with E-state index >= 15 is 0 Å². The van der Waals surface area contributed by atoms with Crippen LogP contribution in [0.1, 0.15) is 0 Å². The summed E-state index contributed by atoms with van der Waals surface area (Å²) in [5, 5.41) is 18.3. The zero-order valence-corrected chi connectivity index (χ0v) is 12.7. The quantitative estimate of drug-likeness (QED) is 0.517. The number of carboxylic acid groups (broad SMARTS) is 1. The molecule has 26 heavy (non-hydrogen) atoms. The van der Waals surface area contributed by atoms with E-state index in [0.717, 1.165) is 24.3 Å². The van der Waals surface area contributed by atoms with Crippen LogP contribution < -0.4 is 10.1 Å². The second-order valence-corrected chi connectivity index (χ2v) is 4.79. The molecule has 0 unspecified atom stereocenters. The first kappa shape index (κ1) is 19.1. The first-order chi connectivity index (χ1) is 12.1. The molecule has 0 heterocycles. The maximum absolute atomic E-state index is 12.8. The fraction of sp³-hybridized carbons (Fsp3) is 0.133. The van der Waals surface area contributed by atoms with Gasteiger partial charge in [0.25, 0.3) is 0 Å². The van der Waals surface area contributed by atoms with Crippen molar-refractivity contribution >= 4 is 23.2 Å². The molecule has 2 aromatic carbocycles. The molecule has 0 bridgehead atoms. The van der Waals surface area contributed by atoms with Gasteiger partial charge in [0.05, 0.1) is 11.4 Å². The normalized spacial score (nSPS) is 12.2. The smallest absolute Gasteiger partial charge is 0.465 e. The van der Waals surface area contributed by atoms with E-state index in [1.165, 1.54) is 24.3 Å². The number of nitrogens with zero attached hydrogens (tertiary/aromatic N) is 2. The molecule has 2 aromatic rings. The van der Waals surface area contributed by atoms with Gasteiger partial charge >= 0.3 is 18.4 Å². The summed E-state index contributed by atoms with van der Waals surface area (Å²) in [4.78, 5) is 10.5. The molecule has 0 saturated heterocycles. The van der Waals surface area contributed by atoms with Crippen molar-refractivity contribution in [3.8, 4) is 5.75 Å². The van der Waals surface area contributed by atoms with Crippen LogP contribution in [0.2, 0.25) is 0 Å². The number of benzene rings is 2. The molecule has 0 radical (unpaired) electrons. The van der Waals surface area contributed by atoms with Crippen molar-refractivity contribution in [2.45, 2.75) is 12.3 Å². The zero-order valence-electron chi connectivity index (χ0n) is 12.7. The molecule has 11 heteroatoms. The van der Waals surface area contributed by atoms with E-state index in [4.69, 9.17) is 5.11 Å². The lowest BCUT2D eigenvalue weighted by Gasteiger charge is -2.19. The van der Waals surface area contributed by atoms with E-state index in [1.54, 1.807) is 0 Å². The molecule has 0 atom stereocenters. The highest BCUT2D eigenvalue weighted by Gasteiger charge is 2.61. The van der Waals surface area contributed by atoms with Crippen LogP contribution in [0.15, 0.2) is 58.8 Å². The second kappa shape index (κ2) is 7.33. The van der Waals surface area contributed by atoms with Crippen LogP contribution in [-0.2, 0) is 0 Å². The molecule has 0 saturated carbocycles. The Bertz CT molecular complexity index is 790. The van der Waals surface area contributed by atoms with Crippen molar-refractivity contribution in [1.29, 1.82) is 0 Å². The standard InChI is InChI=1S/C15H10F5N3O3/c16-14(17,18)15(19,20)26-12-7-5-11(6-8-12)23-22-10-3-1-9(2-4-10)21-13(24)25/h1-8,21H,(H,24,25)/b23-22+. The van der Waals surface area contributed by atoms with Crippen LogP contribution in [0.5, 0.6) is 5.75 Å². The van der Waals surface area contributed by atoms with Gasteiger partial charge in [0.2, 0.25) is 0 Å². The maximum Gasteiger partial charge on any atom is 0.499 e. The summed E-state index contributed by atoms with van der Waals surface area (Å²) >= 11 is 0. The molecule has 0 aliphatic heterocycles. The number of carbonyl (C=O) groups is 1. The molecule has 138 valence electrons. The van der Waals surface area contributed by atoms with Crippen molar-refractivity contribution in [3.05, 3.63) is 48.5 Å². The summed E-state index contributed by atoms with van der Waals surface area (Å²) in [6.07, 6.45) is -12.4. The number of hydrogen-bond acceptors (Lipinski definition) is 4. The van der Waals surface area contributed by atoms with E-state index in [1.807, 2.05) is 0 Å². The third-order valence-corrected chi connectivity index (χ3v) is 2.81.